The van der Waals surface area contributed by atoms with Crippen LogP contribution in [-0.2, 0) is 0 Å². The van der Waals surface area contributed by atoms with Crippen LogP contribution in [-0.4, -0.2) is 13.6 Å². The fourth-order valence-electron chi connectivity index (χ4n) is 1.55. The molecule has 6 heteroatoms. The van der Waals surface area contributed by atoms with E-state index >= 15 is 0 Å². The normalized spacial score (nSPS) is 15.3. The van der Waals surface area contributed by atoms with Crippen LogP contribution in [0.1, 0.15) is 18.4 Å². The molecule has 1 aromatic carbocycles. The fraction of sp³-hybridized carbons (Fsp3) is 0.455. The van der Waals surface area contributed by atoms with Crippen molar-refractivity contribution in [2.45, 2.75) is 19.8 Å². The van der Waals surface area contributed by atoms with E-state index < -0.39 is 12.4 Å². The largest absolute Gasteiger partial charge is 1.00 e. The van der Waals surface area contributed by atoms with Gasteiger partial charge in [-0.2, -0.15) is 0 Å². The van der Waals surface area contributed by atoms with Crippen molar-refractivity contribution >= 4 is 12.4 Å². The third kappa shape index (κ3) is 4.59. The average Bonchev–Trinajstić information content (AvgIpc) is 2.98. The molecule has 88 valence electrons. The van der Waals surface area contributed by atoms with Crippen LogP contribution in [0.25, 0.3) is 0 Å². The smallest absolute Gasteiger partial charge is 0.496 e. The maximum absolute atomic E-state index is 12.8. The van der Waals surface area contributed by atoms with Gasteiger partial charge in [-0.3, -0.25) is 0 Å². The second-order valence-electron chi connectivity index (χ2n) is 4.37. The molecule has 0 radical (unpaired) electrons. The molecule has 1 saturated carbocycles. The monoisotopic (exact) mass is 268 g/mol. The Hall–Kier alpha value is 0.511. The maximum Gasteiger partial charge on any atom is 1.00 e. The molecule has 1 fully saturated rings. The molecule has 1 nitrogen and oxygen atoms in total. The molecule has 1 aromatic rings. The number of benzene rings is 1. The summed E-state index contributed by atoms with van der Waals surface area (Å²) in [6.45, 7) is -2.94. The van der Waals surface area contributed by atoms with Crippen LogP contribution in [0, 0.1) is 12.8 Å². The molecule has 0 aromatic heterocycles. The summed E-state index contributed by atoms with van der Waals surface area (Å²) in [7, 11) is 0. The van der Waals surface area contributed by atoms with Crippen LogP contribution in [0.3, 0.4) is 0 Å². The molecule has 0 aliphatic heterocycles. The van der Waals surface area contributed by atoms with Crippen molar-refractivity contribution < 1.29 is 69.1 Å². The first-order valence-corrected chi connectivity index (χ1v) is 5.40. The van der Waals surface area contributed by atoms with E-state index in [0.29, 0.717) is 18.1 Å². The van der Waals surface area contributed by atoms with Gasteiger partial charge in [0.15, 0.2) is 0 Å². The summed E-state index contributed by atoms with van der Waals surface area (Å²) in [5.41, 5.74) is -0.00591. The quantitative estimate of drug-likeness (QED) is 0.690. The van der Waals surface area contributed by atoms with Crippen molar-refractivity contribution in [1.29, 1.82) is 0 Å². The van der Waals surface area contributed by atoms with Crippen LogP contribution in [0.5, 0.6) is 5.75 Å². The number of aryl methyl sites for hydroxylation is 1. The summed E-state index contributed by atoms with van der Waals surface area (Å²) in [5, 5.41) is 0. The standard InChI is InChI=1S/C11H13BF3O.K/c1-8-2-5-11(16-7-9-3-4-9)10(6-8)12(13,14)15;/h2,5-6,9H,3-4,7H2,1H3;/q-1;+1. The minimum absolute atomic E-state index is 0. The molecule has 0 bridgehead atoms. The van der Waals surface area contributed by atoms with Gasteiger partial charge in [0.05, 0.1) is 12.4 Å². The van der Waals surface area contributed by atoms with Crippen molar-refractivity contribution in [2.24, 2.45) is 5.92 Å². The van der Waals surface area contributed by atoms with E-state index in [1.165, 1.54) is 6.07 Å². The molecule has 0 spiro atoms. The molecule has 0 amide bonds. The first kappa shape index (κ1) is 15.6. The Morgan fingerprint density at radius 3 is 2.47 bits per heavy atom. The average molecular weight is 268 g/mol. The predicted octanol–water partition coefficient (Wildman–Crippen LogP) is -0.158. The Kier molecular flexibility index (Phi) is 5.59. The van der Waals surface area contributed by atoms with Crippen LogP contribution in [0.2, 0.25) is 0 Å². The molecule has 0 heterocycles. The minimum atomic E-state index is -4.99. The van der Waals surface area contributed by atoms with Gasteiger partial charge in [-0.1, -0.05) is 23.2 Å². The molecule has 17 heavy (non-hydrogen) atoms. The second kappa shape index (κ2) is 6.10. The summed E-state index contributed by atoms with van der Waals surface area (Å²) in [6, 6.07) is 4.22. The van der Waals surface area contributed by atoms with E-state index in [2.05, 4.69) is 0 Å². The van der Waals surface area contributed by atoms with Gasteiger partial charge in [-0.25, -0.2) is 0 Å². The van der Waals surface area contributed by atoms with Crippen molar-refractivity contribution in [3.8, 4) is 5.75 Å². The van der Waals surface area contributed by atoms with E-state index in [1.54, 1.807) is 13.0 Å². The molecule has 0 atom stereocenters. The summed E-state index contributed by atoms with van der Waals surface area (Å²) < 4.78 is 43.5. The molecule has 2 rings (SSSR count). The Labute approximate surface area is 142 Å². The Balaban J connectivity index is 0.00000144. The van der Waals surface area contributed by atoms with E-state index in [-0.39, 0.29) is 57.1 Å². The van der Waals surface area contributed by atoms with Gasteiger partial charge in [0.25, 0.3) is 0 Å². The summed E-state index contributed by atoms with van der Waals surface area (Å²) in [5.74, 6) is 0.430. The topological polar surface area (TPSA) is 9.23 Å². The third-order valence-corrected chi connectivity index (χ3v) is 2.69. The molecule has 0 saturated heterocycles. The van der Waals surface area contributed by atoms with Gasteiger partial charge in [0.2, 0.25) is 0 Å². The van der Waals surface area contributed by atoms with Gasteiger partial charge in [-0.05, 0) is 31.7 Å². The van der Waals surface area contributed by atoms with Gasteiger partial charge in [-0.15, -0.1) is 0 Å². The summed E-state index contributed by atoms with van der Waals surface area (Å²) >= 11 is 0. The van der Waals surface area contributed by atoms with Gasteiger partial charge in [0, 0.05) is 0 Å². The molecule has 1 aliphatic carbocycles. The summed E-state index contributed by atoms with van der Waals surface area (Å²) in [6.07, 6.45) is 2.14. The first-order chi connectivity index (χ1) is 7.47. The number of hydrogen-bond donors (Lipinski definition) is 0. The zero-order chi connectivity index (χ0) is 11.8. The molecule has 0 unspecified atom stereocenters. The zero-order valence-corrected chi connectivity index (χ0v) is 13.2. The van der Waals surface area contributed by atoms with E-state index in [0.717, 1.165) is 18.9 Å². The Morgan fingerprint density at radius 1 is 1.29 bits per heavy atom. The van der Waals surface area contributed by atoms with Crippen molar-refractivity contribution in [1.82, 2.24) is 0 Å². The van der Waals surface area contributed by atoms with Crippen molar-refractivity contribution in [3.63, 3.8) is 0 Å². The van der Waals surface area contributed by atoms with Crippen molar-refractivity contribution in [3.05, 3.63) is 23.8 Å². The van der Waals surface area contributed by atoms with E-state index in [1.807, 2.05) is 0 Å². The van der Waals surface area contributed by atoms with Crippen LogP contribution in [0.15, 0.2) is 18.2 Å². The summed E-state index contributed by atoms with van der Waals surface area (Å²) in [4.78, 5) is 0. The number of rotatable bonds is 4. The van der Waals surface area contributed by atoms with Gasteiger partial charge >= 0.3 is 58.4 Å². The van der Waals surface area contributed by atoms with E-state index in [9.17, 15) is 12.9 Å². The molecule has 0 N–H and O–H groups in total. The minimum Gasteiger partial charge on any atom is -0.496 e. The predicted molar refractivity (Wildman–Crippen MR) is 58.1 cm³/mol. The fourth-order valence-corrected chi connectivity index (χ4v) is 1.55. The SMILES string of the molecule is Cc1ccc(OCC2CC2)c([B-](F)(F)F)c1.[K+]. The second-order valence-corrected chi connectivity index (χ2v) is 4.37. The van der Waals surface area contributed by atoms with Crippen LogP contribution < -0.4 is 61.6 Å². The third-order valence-electron chi connectivity index (χ3n) is 2.69. The Morgan fingerprint density at radius 2 is 1.94 bits per heavy atom. The number of ether oxygens (including phenoxy) is 1. The molecule has 1 aliphatic rings. The van der Waals surface area contributed by atoms with Gasteiger partial charge < -0.3 is 17.7 Å². The van der Waals surface area contributed by atoms with Crippen molar-refractivity contribution in [2.75, 3.05) is 6.61 Å². The first-order valence-electron chi connectivity index (χ1n) is 5.40. The van der Waals surface area contributed by atoms with E-state index in [4.69, 9.17) is 4.74 Å². The Bertz CT molecular complexity index is 391. The number of hydrogen-bond acceptors (Lipinski definition) is 1. The zero-order valence-electron chi connectivity index (χ0n) is 10.1. The molecular formula is C11H13BF3KO. The van der Waals surface area contributed by atoms with Crippen LogP contribution in [0.4, 0.5) is 12.9 Å². The van der Waals surface area contributed by atoms with Gasteiger partial charge in [0.1, 0.15) is 0 Å². The van der Waals surface area contributed by atoms with Crippen LogP contribution >= 0.6 is 0 Å². The number of halogens is 3. The molecular weight excluding hydrogens is 255 g/mol. The maximum atomic E-state index is 12.8.